The molecule has 1 amide bonds. The second kappa shape index (κ2) is 7.22. The number of halogens is 1. The summed E-state index contributed by atoms with van der Waals surface area (Å²) in [5, 5.41) is 6.11. The number of nitrogens with one attached hydrogen (secondary N) is 2. The number of hydrogen-bond acceptors (Lipinski definition) is 3. The SMILES string of the molecule is CCCNc1ccnc(C(=O)Nc2cc(C)cc(Br)c2)c1. The Kier molecular flexibility index (Phi) is 5.33. The van der Waals surface area contributed by atoms with Gasteiger partial charge in [0.1, 0.15) is 5.69 Å². The van der Waals surface area contributed by atoms with Crippen LogP contribution in [0.3, 0.4) is 0 Å². The van der Waals surface area contributed by atoms with Crippen LogP contribution in [0.4, 0.5) is 11.4 Å². The Morgan fingerprint density at radius 2 is 2.05 bits per heavy atom. The topological polar surface area (TPSA) is 54.0 Å². The predicted molar refractivity (Wildman–Crippen MR) is 89.8 cm³/mol. The van der Waals surface area contributed by atoms with Gasteiger partial charge in [-0.05, 0) is 49.2 Å². The normalized spacial score (nSPS) is 10.2. The molecule has 0 aliphatic heterocycles. The van der Waals surface area contributed by atoms with E-state index in [2.05, 4.69) is 38.5 Å². The van der Waals surface area contributed by atoms with E-state index < -0.39 is 0 Å². The number of amides is 1. The molecule has 0 atom stereocenters. The third kappa shape index (κ3) is 4.56. The molecule has 0 aliphatic carbocycles. The predicted octanol–water partition coefficient (Wildman–Crippen LogP) is 4.23. The van der Waals surface area contributed by atoms with Crippen LogP contribution in [0.2, 0.25) is 0 Å². The second-order valence-electron chi connectivity index (χ2n) is 4.83. The van der Waals surface area contributed by atoms with E-state index in [4.69, 9.17) is 0 Å². The van der Waals surface area contributed by atoms with Gasteiger partial charge in [-0.15, -0.1) is 0 Å². The van der Waals surface area contributed by atoms with E-state index in [0.29, 0.717) is 5.69 Å². The highest BCUT2D eigenvalue weighted by atomic mass is 79.9. The number of benzene rings is 1. The Bertz CT molecular complexity index is 623. The standard InChI is InChI=1S/C16H18BrN3O/c1-3-5-18-13-4-6-19-15(10-13)16(21)20-14-8-11(2)7-12(17)9-14/h4,6-10H,3,5H2,1-2H3,(H,18,19)(H,20,21). The molecule has 0 bridgehead atoms. The molecule has 0 spiro atoms. The maximum absolute atomic E-state index is 12.2. The number of aryl methyl sites for hydroxylation is 1. The van der Waals surface area contributed by atoms with Gasteiger partial charge < -0.3 is 10.6 Å². The van der Waals surface area contributed by atoms with Crippen molar-refractivity contribution >= 4 is 33.2 Å². The number of carbonyl (C=O) groups is 1. The van der Waals surface area contributed by atoms with Crippen LogP contribution >= 0.6 is 15.9 Å². The molecular formula is C16H18BrN3O. The number of carbonyl (C=O) groups excluding carboxylic acids is 1. The Hall–Kier alpha value is -1.88. The first kappa shape index (κ1) is 15.5. The molecule has 1 heterocycles. The van der Waals surface area contributed by atoms with Gasteiger partial charge in [0, 0.05) is 28.6 Å². The van der Waals surface area contributed by atoms with Crippen molar-refractivity contribution in [3.8, 4) is 0 Å². The zero-order valence-electron chi connectivity index (χ0n) is 12.1. The van der Waals surface area contributed by atoms with Crippen molar-refractivity contribution in [2.24, 2.45) is 0 Å². The molecule has 1 aromatic heterocycles. The zero-order chi connectivity index (χ0) is 15.2. The molecule has 110 valence electrons. The maximum atomic E-state index is 12.2. The van der Waals surface area contributed by atoms with Gasteiger partial charge in [-0.1, -0.05) is 22.9 Å². The molecule has 2 N–H and O–H groups in total. The fourth-order valence-electron chi connectivity index (χ4n) is 1.94. The van der Waals surface area contributed by atoms with Gasteiger partial charge in [0.15, 0.2) is 0 Å². The molecule has 2 rings (SSSR count). The van der Waals surface area contributed by atoms with Crippen LogP contribution in [0.25, 0.3) is 0 Å². The second-order valence-corrected chi connectivity index (χ2v) is 5.74. The molecule has 0 saturated heterocycles. The van der Waals surface area contributed by atoms with E-state index in [1.165, 1.54) is 0 Å². The quantitative estimate of drug-likeness (QED) is 0.850. The Morgan fingerprint density at radius 1 is 1.24 bits per heavy atom. The molecule has 0 saturated carbocycles. The van der Waals surface area contributed by atoms with Crippen LogP contribution < -0.4 is 10.6 Å². The van der Waals surface area contributed by atoms with E-state index in [1.807, 2.05) is 31.2 Å². The summed E-state index contributed by atoms with van der Waals surface area (Å²) in [7, 11) is 0. The average Bonchev–Trinajstić information content (AvgIpc) is 2.44. The van der Waals surface area contributed by atoms with Crippen LogP contribution in [0.15, 0.2) is 41.0 Å². The van der Waals surface area contributed by atoms with Crippen LogP contribution in [0, 0.1) is 6.92 Å². The minimum Gasteiger partial charge on any atom is -0.385 e. The van der Waals surface area contributed by atoms with E-state index in [0.717, 1.165) is 34.4 Å². The number of aromatic nitrogens is 1. The van der Waals surface area contributed by atoms with Crippen molar-refractivity contribution in [2.45, 2.75) is 20.3 Å². The van der Waals surface area contributed by atoms with Crippen LogP contribution in [-0.2, 0) is 0 Å². The number of rotatable bonds is 5. The van der Waals surface area contributed by atoms with Gasteiger partial charge in [-0.2, -0.15) is 0 Å². The Labute approximate surface area is 133 Å². The van der Waals surface area contributed by atoms with E-state index in [1.54, 1.807) is 12.3 Å². The van der Waals surface area contributed by atoms with Gasteiger partial charge in [-0.3, -0.25) is 9.78 Å². The number of anilines is 2. The molecule has 5 heteroatoms. The van der Waals surface area contributed by atoms with Crippen LogP contribution in [0.1, 0.15) is 29.4 Å². The van der Waals surface area contributed by atoms with Crippen molar-refractivity contribution in [1.82, 2.24) is 4.98 Å². The summed E-state index contributed by atoms with van der Waals surface area (Å²) in [5.74, 6) is -0.215. The lowest BCUT2D eigenvalue weighted by Crippen LogP contribution is -2.14. The van der Waals surface area contributed by atoms with Gasteiger partial charge >= 0.3 is 0 Å². The maximum Gasteiger partial charge on any atom is 0.274 e. The summed E-state index contributed by atoms with van der Waals surface area (Å²) in [6.45, 7) is 4.95. The molecule has 0 unspecified atom stereocenters. The Morgan fingerprint density at radius 3 is 2.76 bits per heavy atom. The summed E-state index contributed by atoms with van der Waals surface area (Å²) in [6.07, 6.45) is 2.67. The fraction of sp³-hybridized carbons (Fsp3) is 0.250. The average molecular weight is 348 g/mol. The number of pyridine rings is 1. The molecule has 4 nitrogen and oxygen atoms in total. The molecule has 0 aliphatic rings. The molecule has 0 radical (unpaired) electrons. The summed E-state index contributed by atoms with van der Waals surface area (Å²) in [4.78, 5) is 16.4. The van der Waals surface area contributed by atoms with E-state index in [-0.39, 0.29) is 5.91 Å². The third-order valence-corrected chi connectivity index (χ3v) is 3.33. The van der Waals surface area contributed by atoms with Gasteiger partial charge in [0.2, 0.25) is 0 Å². The first-order chi connectivity index (χ1) is 10.1. The first-order valence-corrected chi connectivity index (χ1v) is 7.66. The van der Waals surface area contributed by atoms with Crippen molar-refractivity contribution in [1.29, 1.82) is 0 Å². The van der Waals surface area contributed by atoms with Crippen LogP contribution in [-0.4, -0.2) is 17.4 Å². The molecule has 0 fully saturated rings. The lowest BCUT2D eigenvalue weighted by atomic mass is 10.2. The lowest BCUT2D eigenvalue weighted by molar-refractivity contribution is 0.102. The molecule has 1 aromatic carbocycles. The fourth-order valence-corrected chi connectivity index (χ4v) is 2.55. The third-order valence-electron chi connectivity index (χ3n) is 2.87. The summed E-state index contributed by atoms with van der Waals surface area (Å²) < 4.78 is 0.934. The van der Waals surface area contributed by atoms with Crippen molar-refractivity contribution in [3.05, 3.63) is 52.3 Å². The zero-order valence-corrected chi connectivity index (χ0v) is 13.7. The summed E-state index contributed by atoms with van der Waals surface area (Å²) in [6, 6.07) is 9.39. The highest BCUT2D eigenvalue weighted by Gasteiger charge is 2.09. The number of nitrogens with zero attached hydrogens (tertiary/aromatic N) is 1. The van der Waals surface area contributed by atoms with Gasteiger partial charge in [-0.25, -0.2) is 0 Å². The first-order valence-electron chi connectivity index (χ1n) is 6.87. The van der Waals surface area contributed by atoms with E-state index in [9.17, 15) is 4.79 Å². The largest absolute Gasteiger partial charge is 0.385 e. The monoisotopic (exact) mass is 347 g/mol. The Balaban J connectivity index is 2.12. The summed E-state index contributed by atoms with van der Waals surface area (Å²) in [5.41, 5.74) is 3.13. The minimum atomic E-state index is -0.215. The number of hydrogen-bond donors (Lipinski definition) is 2. The molecule has 2 aromatic rings. The highest BCUT2D eigenvalue weighted by Crippen LogP contribution is 2.19. The van der Waals surface area contributed by atoms with Crippen molar-refractivity contribution in [2.75, 3.05) is 17.2 Å². The minimum absolute atomic E-state index is 0.215. The summed E-state index contributed by atoms with van der Waals surface area (Å²) >= 11 is 3.42. The lowest BCUT2D eigenvalue weighted by Gasteiger charge is -2.08. The van der Waals surface area contributed by atoms with Crippen molar-refractivity contribution < 1.29 is 4.79 Å². The smallest absolute Gasteiger partial charge is 0.274 e. The highest BCUT2D eigenvalue weighted by molar-refractivity contribution is 9.10. The molecule has 21 heavy (non-hydrogen) atoms. The van der Waals surface area contributed by atoms with Crippen LogP contribution in [0.5, 0.6) is 0 Å². The van der Waals surface area contributed by atoms with Gasteiger partial charge in [0.05, 0.1) is 0 Å². The van der Waals surface area contributed by atoms with E-state index >= 15 is 0 Å². The van der Waals surface area contributed by atoms with Gasteiger partial charge in [0.25, 0.3) is 5.91 Å². The molecular weight excluding hydrogens is 330 g/mol. The van der Waals surface area contributed by atoms with Crippen molar-refractivity contribution in [3.63, 3.8) is 0 Å².